The summed E-state index contributed by atoms with van der Waals surface area (Å²) in [5.41, 5.74) is 12.2. The average Bonchev–Trinajstić information content (AvgIpc) is 3.22. The van der Waals surface area contributed by atoms with E-state index in [1.807, 2.05) is 49.4 Å². The van der Waals surface area contributed by atoms with Crippen molar-refractivity contribution in [2.75, 3.05) is 12.3 Å². The largest absolute Gasteiger partial charge is 0.485 e. The second-order valence-electron chi connectivity index (χ2n) is 10.6. The van der Waals surface area contributed by atoms with E-state index in [1.165, 1.54) is 43.2 Å². The minimum atomic E-state index is -0.230. The number of fused-ring (bicyclic) bond motifs is 3. The fourth-order valence-corrected chi connectivity index (χ4v) is 6.63. The van der Waals surface area contributed by atoms with E-state index in [2.05, 4.69) is 29.2 Å². The Morgan fingerprint density at radius 2 is 1.84 bits per heavy atom. The molecule has 6 rings (SSSR count). The SMILES string of the molecule is CCOC(=O)Cc1ccccc1OC1CC2(CCCCC2)c2ccc(-c3cccc4c(N)nccc34)cc21. The minimum Gasteiger partial charge on any atom is -0.485 e. The van der Waals surface area contributed by atoms with Crippen LogP contribution >= 0.6 is 0 Å². The van der Waals surface area contributed by atoms with E-state index in [0.717, 1.165) is 39.6 Å². The normalized spacial score (nSPS) is 17.9. The number of aromatic nitrogens is 1. The molecule has 5 heteroatoms. The van der Waals surface area contributed by atoms with Gasteiger partial charge in [0.05, 0.1) is 13.0 Å². The molecule has 2 aliphatic carbocycles. The average molecular weight is 507 g/mol. The molecule has 1 heterocycles. The molecule has 1 atom stereocenters. The van der Waals surface area contributed by atoms with Gasteiger partial charge >= 0.3 is 5.97 Å². The number of carbonyl (C=O) groups excluding carboxylic acids is 1. The van der Waals surface area contributed by atoms with Crippen molar-refractivity contribution >= 4 is 22.6 Å². The zero-order chi connectivity index (χ0) is 26.1. The fraction of sp³-hybridized carbons (Fsp3) is 0.333. The highest BCUT2D eigenvalue weighted by molar-refractivity contribution is 6.01. The number of benzene rings is 3. The summed E-state index contributed by atoms with van der Waals surface area (Å²) in [7, 11) is 0. The highest BCUT2D eigenvalue weighted by atomic mass is 16.5. The molecular formula is C33H34N2O3. The van der Waals surface area contributed by atoms with Crippen LogP contribution in [-0.2, 0) is 21.4 Å². The monoisotopic (exact) mass is 506 g/mol. The molecule has 194 valence electrons. The van der Waals surface area contributed by atoms with Gasteiger partial charge < -0.3 is 15.2 Å². The first kappa shape index (κ1) is 24.5. The van der Waals surface area contributed by atoms with Gasteiger partial charge in [-0.25, -0.2) is 4.98 Å². The van der Waals surface area contributed by atoms with E-state index < -0.39 is 0 Å². The number of rotatable bonds is 6. The smallest absolute Gasteiger partial charge is 0.310 e. The number of nitrogens with two attached hydrogens (primary N) is 1. The van der Waals surface area contributed by atoms with Gasteiger partial charge in [-0.05, 0) is 77.4 Å². The number of para-hydroxylation sites is 1. The van der Waals surface area contributed by atoms with Crippen LogP contribution in [0, 0.1) is 0 Å². The quantitative estimate of drug-likeness (QED) is 0.277. The van der Waals surface area contributed by atoms with Gasteiger partial charge in [0.25, 0.3) is 0 Å². The zero-order valence-electron chi connectivity index (χ0n) is 21.9. The van der Waals surface area contributed by atoms with E-state index in [9.17, 15) is 4.79 Å². The summed E-state index contributed by atoms with van der Waals surface area (Å²) in [5.74, 6) is 1.08. The van der Waals surface area contributed by atoms with Gasteiger partial charge in [0.2, 0.25) is 0 Å². The Bertz CT molecular complexity index is 1490. The minimum absolute atomic E-state index is 0.0758. The molecule has 4 aromatic rings. The van der Waals surface area contributed by atoms with Crippen LogP contribution in [0.5, 0.6) is 5.75 Å². The van der Waals surface area contributed by atoms with Crippen molar-refractivity contribution < 1.29 is 14.3 Å². The Morgan fingerprint density at radius 3 is 2.68 bits per heavy atom. The van der Waals surface area contributed by atoms with Crippen LogP contribution in [0.1, 0.15) is 68.2 Å². The maximum atomic E-state index is 12.3. The zero-order valence-corrected chi connectivity index (χ0v) is 21.9. The van der Waals surface area contributed by atoms with E-state index in [1.54, 1.807) is 6.20 Å². The van der Waals surface area contributed by atoms with Crippen molar-refractivity contribution in [1.82, 2.24) is 4.98 Å². The topological polar surface area (TPSA) is 74.4 Å². The second kappa shape index (κ2) is 10.1. The highest BCUT2D eigenvalue weighted by Crippen LogP contribution is 2.54. The summed E-state index contributed by atoms with van der Waals surface area (Å²) in [6.07, 6.45) is 9.07. The lowest BCUT2D eigenvalue weighted by atomic mass is 9.70. The summed E-state index contributed by atoms with van der Waals surface area (Å²) in [4.78, 5) is 16.6. The van der Waals surface area contributed by atoms with Crippen molar-refractivity contribution in [3.8, 4) is 16.9 Å². The number of nitrogen functional groups attached to an aromatic ring is 1. The maximum absolute atomic E-state index is 12.3. The van der Waals surface area contributed by atoms with Crippen LogP contribution in [0.2, 0.25) is 0 Å². The summed E-state index contributed by atoms with van der Waals surface area (Å²) < 4.78 is 12.0. The van der Waals surface area contributed by atoms with Gasteiger partial charge in [-0.1, -0.05) is 67.8 Å². The number of esters is 1. The molecule has 2 aliphatic rings. The fourth-order valence-electron chi connectivity index (χ4n) is 6.63. The molecule has 1 unspecified atom stereocenters. The molecule has 0 radical (unpaired) electrons. The van der Waals surface area contributed by atoms with Crippen LogP contribution in [0.4, 0.5) is 5.82 Å². The summed E-state index contributed by atoms with van der Waals surface area (Å²) in [5, 5.41) is 2.07. The second-order valence-corrected chi connectivity index (χ2v) is 10.6. The third-order valence-corrected chi connectivity index (χ3v) is 8.39. The van der Waals surface area contributed by atoms with Gasteiger partial charge in [-0.3, -0.25) is 4.79 Å². The van der Waals surface area contributed by atoms with Gasteiger partial charge in [0, 0.05) is 17.1 Å². The molecule has 0 saturated heterocycles. The third-order valence-electron chi connectivity index (χ3n) is 8.39. The van der Waals surface area contributed by atoms with Crippen molar-refractivity contribution in [3.63, 3.8) is 0 Å². The summed E-state index contributed by atoms with van der Waals surface area (Å²) in [6.45, 7) is 2.21. The number of pyridine rings is 1. The Balaban J connectivity index is 1.41. The lowest BCUT2D eigenvalue weighted by Gasteiger charge is -2.34. The van der Waals surface area contributed by atoms with Crippen molar-refractivity contribution in [3.05, 3.63) is 89.6 Å². The first-order valence-corrected chi connectivity index (χ1v) is 13.8. The maximum Gasteiger partial charge on any atom is 0.310 e. The standard InChI is InChI=1S/C33H34N2O3/c1-2-37-31(36)20-23-9-4-5-12-29(23)38-30-21-33(16-6-3-7-17-33)28-14-13-22(19-27(28)30)24-10-8-11-26-25(24)15-18-35-32(26)34/h4-5,8-15,18-19,30H,2-3,6-7,16-17,20-21H2,1H3,(H2,34,35). The van der Waals surface area contributed by atoms with Crippen LogP contribution in [0.25, 0.3) is 21.9 Å². The highest BCUT2D eigenvalue weighted by Gasteiger charge is 2.45. The van der Waals surface area contributed by atoms with Crippen molar-refractivity contribution in [2.45, 2.75) is 63.4 Å². The number of hydrogen-bond acceptors (Lipinski definition) is 5. The number of nitrogens with zero attached hydrogens (tertiary/aromatic N) is 1. The Hall–Kier alpha value is -3.86. The number of carbonyl (C=O) groups is 1. The Morgan fingerprint density at radius 1 is 1.00 bits per heavy atom. The molecule has 5 nitrogen and oxygen atoms in total. The van der Waals surface area contributed by atoms with Gasteiger partial charge in [0.15, 0.2) is 0 Å². The molecule has 1 aromatic heterocycles. The molecule has 0 amide bonds. The van der Waals surface area contributed by atoms with Crippen LogP contribution < -0.4 is 10.5 Å². The molecular weight excluding hydrogens is 472 g/mol. The number of anilines is 1. The van der Waals surface area contributed by atoms with Crippen LogP contribution in [0.15, 0.2) is 72.9 Å². The summed E-state index contributed by atoms with van der Waals surface area (Å²) >= 11 is 0. The molecule has 2 N–H and O–H groups in total. The van der Waals surface area contributed by atoms with Crippen molar-refractivity contribution in [2.24, 2.45) is 0 Å². The lowest BCUT2D eigenvalue weighted by molar-refractivity contribution is -0.142. The predicted octanol–water partition coefficient (Wildman–Crippen LogP) is 7.32. The van der Waals surface area contributed by atoms with E-state index in [4.69, 9.17) is 15.2 Å². The van der Waals surface area contributed by atoms with Gasteiger partial charge in [0.1, 0.15) is 17.7 Å². The summed E-state index contributed by atoms with van der Waals surface area (Å²) in [6, 6.07) is 23.0. The first-order chi connectivity index (χ1) is 18.6. The van der Waals surface area contributed by atoms with E-state index in [0.29, 0.717) is 12.4 Å². The molecule has 1 spiro atoms. The predicted molar refractivity (Wildman–Crippen MR) is 151 cm³/mol. The Labute approximate surface area is 224 Å². The molecule has 1 fully saturated rings. The van der Waals surface area contributed by atoms with Gasteiger partial charge in [-0.2, -0.15) is 0 Å². The number of hydrogen-bond donors (Lipinski definition) is 1. The van der Waals surface area contributed by atoms with E-state index >= 15 is 0 Å². The van der Waals surface area contributed by atoms with Crippen LogP contribution in [0.3, 0.4) is 0 Å². The Kier molecular flexibility index (Phi) is 6.52. The molecule has 0 aliphatic heterocycles. The third kappa shape index (κ3) is 4.40. The van der Waals surface area contributed by atoms with Crippen molar-refractivity contribution in [1.29, 1.82) is 0 Å². The van der Waals surface area contributed by atoms with Crippen LogP contribution in [-0.4, -0.2) is 17.6 Å². The number of ether oxygens (including phenoxy) is 2. The molecule has 3 aromatic carbocycles. The van der Waals surface area contributed by atoms with Gasteiger partial charge in [-0.15, -0.1) is 0 Å². The van der Waals surface area contributed by atoms with E-state index in [-0.39, 0.29) is 23.9 Å². The lowest BCUT2D eigenvalue weighted by Crippen LogP contribution is -2.26. The first-order valence-electron chi connectivity index (χ1n) is 13.8. The molecule has 0 bridgehead atoms. The molecule has 38 heavy (non-hydrogen) atoms. The molecule has 1 saturated carbocycles.